The highest BCUT2D eigenvalue weighted by atomic mass is 16.1. The molecule has 1 unspecified atom stereocenters. The van der Waals surface area contributed by atoms with Crippen molar-refractivity contribution < 1.29 is 4.79 Å². The number of ketones is 1. The van der Waals surface area contributed by atoms with Crippen LogP contribution in [0, 0.1) is 10.8 Å². The van der Waals surface area contributed by atoms with E-state index in [4.69, 9.17) is 5.11 Å². The largest absolute Gasteiger partial charge is 0.342 e. The van der Waals surface area contributed by atoms with Gasteiger partial charge in [0.2, 0.25) is 0 Å². The minimum absolute atomic E-state index is 0.0651. The molecule has 1 aliphatic carbocycles. The lowest BCUT2D eigenvalue weighted by Crippen LogP contribution is -2.46. The maximum absolute atomic E-state index is 13.8. The fourth-order valence-electron chi connectivity index (χ4n) is 5.99. The number of Topliss-reactive ketones (excluding diaryl/α,β-unsaturated/α-hetero) is 1. The quantitative estimate of drug-likeness (QED) is 0.608. The fraction of sp³-hybridized carbons (Fsp3) is 0.500. The van der Waals surface area contributed by atoms with Crippen LogP contribution in [-0.2, 0) is 17.3 Å². The highest BCUT2D eigenvalue weighted by Gasteiger charge is 2.52. The minimum Gasteiger partial charge on any atom is -0.342 e. The molecule has 0 bridgehead atoms. The first-order valence-corrected chi connectivity index (χ1v) is 12.2. The third-order valence-electron chi connectivity index (χ3n) is 7.43. The number of allylic oxidation sites excluding steroid dienone is 2. The first-order chi connectivity index (χ1) is 15.9. The molecule has 34 heavy (non-hydrogen) atoms. The van der Waals surface area contributed by atoms with Gasteiger partial charge in [0.25, 0.3) is 0 Å². The number of aromatic nitrogens is 2. The van der Waals surface area contributed by atoms with Crippen LogP contribution >= 0.6 is 0 Å². The van der Waals surface area contributed by atoms with Crippen molar-refractivity contribution in [2.45, 2.75) is 72.3 Å². The molecule has 1 N–H and O–H groups in total. The SMILES string of the molecule is Cn1cncc1-c1cccc([C@@]2(C)C3=C(CC(C)(C)CC3=O)NC3=C2C(CC(C)(C)C)N=N3)c1. The van der Waals surface area contributed by atoms with E-state index in [0.29, 0.717) is 6.42 Å². The number of hydrogen-bond acceptors (Lipinski definition) is 5. The fourth-order valence-corrected chi connectivity index (χ4v) is 5.99. The normalized spacial score (nSPS) is 26.0. The predicted octanol–water partition coefficient (Wildman–Crippen LogP) is 6.07. The molecular weight excluding hydrogens is 422 g/mol. The average molecular weight is 458 g/mol. The van der Waals surface area contributed by atoms with E-state index >= 15 is 0 Å². The summed E-state index contributed by atoms with van der Waals surface area (Å²) in [4.78, 5) is 18.1. The number of rotatable bonds is 3. The van der Waals surface area contributed by atoms with E-state index in [1.807, 2.05) is 24.1 Å². The summed E-state index contributed by atoms with van der Waals surface area (Å²) in [5, 5.41) is 12.9. The molecule has 0 saturated heterocycles. The average Bonchev–Trinajstić information content (AvgIpc) is 3.32. The highest BCUT2D eigenvalue weighted by Crippen LogP contribution is 2.54. The van der Waals surface area contributed by atoms with Crippen molar-refractivity contribution in [2.24, 2.45) is 28.1 Å². The minimum atomic E-state index is -0.600. The Hall–Kier alpha value is -3.02. The van der Waals surface area contributed by atoms with Crippen LogP contribution in [0.25, 0.3) is 11.3 Å². The van der Waals surface area contributed by atoms with Gasteiger partial charge in [-0.15, -0.1) is 5.11 Å². The molecule has 5 rings (SSSR count). The molecule has 0 radical (unpaired) electrons. The van der Waals surface area contributed by atoms with E-state index in [0.717, 1.165) is 52.3 Å². The summed E-state index contributed by atoms with van der Waals surface area (Å²) >= 11 is 0. The maximum atomic E-state index is 13.8. The van der Waals surface area contributed by atoms with Crippen LogP contribution in [0.5, 0.6) is 0 Å². The number of dihydropyridines is 1. The second-order valence-corrected chi connectivity index (χ2v) is 12.3. The van der Waals surface area contributed by atoms with Gasteiger partial charge in [-0.3, -0.25) is 4.79 Å². The van der Waals surface area contributed by atoms with Gasteiger partial charge in [-0.05, 0) is 42.2 Å². The number of nitrogens with one attached hydrogen (secondary N) is 1. The lowest BCUT2D eigenvalue weighted by atomic mass is 9.59. The van der Waals surface area contributed by atoms with Crippen molar-refractivity contribution in [3.05, 3.63) is 65.0 Å². The maximum Gasteiger partial charge on any atom is 0.162 e. The molecule has 0 saturated carbocycles. The second kappa shape index (κ2) is 7.49. The summed E-state index contributed by atoms with van der Waals surface area (Å²) in [7, 11) is 2.00. The van der Waals surface area contributed by atoms with Crippen molar-refractivity contribution in [2.75, 3.05) is 0 Å². The van der Waals surface area contributed by atoms with Crippen LogP contribution in [0.15, 0.2) is 69.7 Å². The molecule has 6 heteroatoms. The van der Waals surface area contributed by atoms with Crippen molar-refractivity contribution in [3.63, 3.8) is 0 Å². The van der Waals surface area contributed by atoms with Crippen LogP contribution in [0.4, 0.5) is 0 Å². The Kier molecular flexibility index (Phi) is 5.01. The van der Waals surface area contributed by atoms with E-state index in [2.05, 4.69) is 81.2 Å². The molecule has 2 aliphatic heterocycles. The molecule has 0 amide bonds. The molecule has 3 heterocycles. The van der Waals surface area contributed by atoms with Gasteiger partial charge >= 0.3 is 0 Å². The van der Waals surface area contributed by atoms with Crippen molar-refractivity contribution >= 4 is 5.78 Å². The van der Waals surface area contributed by atoms with Crippen molar-refractivity contribution in [1.82, 2.24) is 14.9 Å². The Bertz CT molecular complexity index is 1270. The Balaban J connectivity index is 1.72. The molecule has 0 spiro atoms. The smallest absolute Gasteiger partial charge is 0.162 e. The van der Waals surface area contributed by atoms with Gasteiger partial charge in [-0.2, -0.15) is 5.11 Å². The zero-order valence-electron chi connectivity index (χ0n) is 21.4. The number of carbonyl (C=O) groups excluding carboxylic acids is 1. The Morgan fingerprint density at radius 3 is 2.62 bits per heavy atom. The van der Waals surface area contributed by atoms with E-state index in [1.165, 1.54) is 0 Å². The van der Waals surface area contributed by atoms with Gasteiger partial charge < -0.3 is 9.88 Å². The van der Waals surface area contributed by atoms with Crippen LogP contribution in [-0.4, -0.2) is 21.4 Å². The number of azo groups is 1. The topological polar surface area (TPSA) is 71.6 Å². The lowest BCUT2D eigenvalue weighted by molar-refractivity contribution is -0.118. The lowest BCUT2D eigenvalue weighted by Gasteiger charge is -2.45. The van der Waals surface area contributed by atoms with Crippen LogP contribution in [0.1, 0.15) is 66.4 Å². The second-order valence-electron chi connectivity index (χ2n) is 12.3. The van der Waals surface area contributed by atoms with E-state index in [1.54, 1.807) is 0 Å². The predicted molar refractivity (Wildman–Crippen MR) is 134 cm³/mol. The third kappa shape index (κ3) is 3.64. The van der Waals surface area contributed by atoms with E-state index in [9.17, 15) is 4.79 Å². The molecule has 6 nitrogen and oxygen atoms in total. The zero-order valence-corrected chi connectivity index (χ0v) is 21.4. The number of aryl methyl sites for hydroxylation is 1. The van der Waals surface area contributed by atoms with Crippen molar-refractivity contribution in [1.29, 1.82) is 0 Å². The molecule has 178 valence electrons. The summed E-state index contributed by atoms with van der Waals surface area (Å²) in [6.07, 6.45) is 5.94. The Morgan fingerprint density at radius 2 is 1.94 bits per heavy atom. The summed E-state index contributed by atoms with van der Waals surface area (Å²) in [5.74, 6) is 1.05. The third-order valence-corrected chi connectivity index (χ3v) is 7.43. The summed E-state index contributed by atoms with van der Waals surface area (Å²) in [6, 6.07) is 8.50. The number of carbonyl (C=O) groups is 1. The van der Waals surface area contributed by atoms with Gasteiger partial charge in [0.1, 0.15) is 0 Å². The summed E-state index contributed by atoms with van der Waals surface area (Å²) in [6.45, 7) is 13.2. The standard InChI is InChI=1S/C28H35N5O/c1-26(2,3)12-20-24-25(32-31-20)30-19-13-27(4,5)14-22(34)23(19)28(24,6)18-10-8-9-17(11-18)21-15-29-16-33(21)7/h8-11,15-16,20,30H,12-14H2,1-7H3/t20?,28-/m0/s1. The van der Waals surface area contributed by atoms with Gasteiger partial charge in [-0.1, -0.05) is 52.8 Å². The number of nitrogens with zero attached hydrogens (tertiary/aromatic N) is 4. The first-order valence-electron chi connectivity index (χ1n) is 12.2. The molecule has 2 atom stereocenters. The summed E-state index contributed by atoms with van der Waals surface area (Å²) < 4.78 is 2.02. The number of hydrogen-bond donors (Lipinski definition) is 1. The van der Waals surface area contributed by atoms with Gasteiger partial charge in [-0.25, -0.2) is 4.98 Å². The van der Waals surface area contributed by atoms with Gasteiger partial charge in [0.15, 0.2) is 11.6 Å². The van der Waals surface area contributed by atoms with Crippen LogP contribution < -0.4 is 5.32 Å². The van der Waals surface area contributed by atoms with Gasteiger partial charge in [0.05, 0.1) is 24.3 Å². The van der Waals surface area contributed by atoms with E-state index in [-0.39, 0.29) is 22.7 Å². The molecule has 1 aromatic carbocycles. The number of benzene rings is 1. The molecule has 0 fully saturated rings. The molecule has 1 aromatic heterocycles. The highest BCUT2D eigenvalue weighted by molar-refractivity contribution is 6.01. The van der Waals surface area contributed by atoms with Crippen LogP contribution in [0.3, 0.4) is 0 Å². The van der Waals surface area contributed by atoms with Gasteiger partial charge in [0, 0.05) is 41.3 Å². The molecule has 3 aliphatic rings. The Labute approximate surface area is 202 Å². The molecular formula is C28H35N5O. The molecule has 2 aromatic rings. The summed E-state index contributed by atoms with van der Waals surface area (Å²) in [5.41, 5.74) is 5.65. The first kappa shape index (κ1) is 22.8. The zero-order chi connectivity index (χ0) is 24.5. The van der Waals surface area contributed by atoms with Crippen molar-refractivity contribution in [3.8, 4) is 11.3 Å². The monoisotopic (exact) mass is 457 g/mol. The van der Waals surface area contributed by atoms with Crippen LogP contribution in [0.2, 0.25) is 0 Å². The Morgan fingerprint density at radius 1 is 1.18 bits per heavy atom. The number of imidazole rings is 1. The van der Waals surface area contributed by atoms with E-state index < -0.39 is 5.41 Å².